The highest BCUT2D eigenvalue weighted by atomic mass is 16.4. The number of hydrogen-bond acceptors (Lipinski definition) is 3. The van der Waals surface area contributed by atoms with E-state index in [0.29, 0.717) is 19.0 Å². The summed E-state index contributed by atoms with van der Waals surface area (Å²) in [5, 5.41) is 11.8. The molecule has 0 unspecified atom stereocenters. The molecule has 0 aliphatic carbocycles. The fourth-order valence-corrected chi connectivity index (χ4v) is 2.71. The highest BCUT2D eigenvalue weighted by Crippen LogP contribution is 2.27. The van der Waals surface area contributed by atoms with Crippen LogP contribution in [0.1, 0.15) is 13.8 Å². The number of carbonyl (C=O) groups is 2. The number of aliphatic carboxylic acids is 1. The summed E-state index contributed by atoms with van der Waals surface area (Å²) in [6, 6.07) is 6.35. The van der Waals surface area contributed by atoms with E-state index >= 15 is 0 Å². The summed E-state index contributed by atoms with van der Waals surface area (Å²) in [6.07, 6.45) is 0. The van der Waals surface area contributed by atoms with E-state index in [2.05, 4.69) is 10.3 Å². The Labute approximate surface area is 127 Å². The van der Waals surface area contributed by atoms with Crippen molar-refractivity contribution < 1.29 is 14.7 Å². The van der Waals surface area contributed by atoms with Crippen molar-refractivity contribution >= 4 is 29.0 Å². The molecule has 2 aromatic rings. The average molecular weight is 302 g/mol. The first-order chi connectivity index (χ1) is 10.5. The van der Waals surface area contributed by atoms with Crippen LogP contribution >= 0.6 is 0 Å². The van der Waals surface area contributed by atoms with E-state index in [-0.39, 0.29) is 5.92 Å². The molecule has 1 aliphatic heterocycles. The summed E-state index contributed by atoms with van der Waals surface area (Å²) in [5.74, 6) is -0.662. The second-order valence-corrected chi connectivity index (χ2v) is 5.71. The topological polar surface area (TPSA) is 87.5 Å². The van der Waals surface area contributed by atoms with Crippen LogP contribution in [0.15, 0.2) is 24.3 Å². The van der Waals surface area contributed by atoms with Crippen LogP contribution in [-0.4, -0.2) is 39.2 Å². The second kappa shape index (κ2) is 5.32. The lowest BCUT2D eigenvalue weighted by atomic mass is 10.1. The standard InChI is InChI=1S/C15H18N4O3/c1-9(2)12(13(20)21)17-15(22)19-8-7-18-11-6-4-3-5-10(11)16-14(18)19/h3-6,9,12H,7-8H2,1-2H3,(H,17,22)(H,20,21)/t12-/m0/s1. The van der Waals surface area contributed by atoms with Crippen molar-refractivity contribution in [1.29, 1.82) is 0 Å². The number of para-hydroxylation sites is 2. The predicted octanol–water partition coefficient (Wildman–Crippen LogP) is 1.68. The van der Waals surface area contributed by atoms with E-state index in [1.165, 1.54) is 4.90 Å². The zero-order valence-corrected chi connectivity index (χ0v) is 12.5. The summed E-state index contributed by atoms with van der Waals surface area (Å²) in [4.78, 5) is 29.6. The van der Waals surface area contributed by atoms with E-state index in [0.717, 1.165) is 11.0 Å². The number of hydrogen-bond donors (Lipinski definition) is 2. The molecule has 7 heteroatoms. The van der Waals surface area contributed by atoms with Gasteiger partial charge in [0.15, 0.2) is 0 Å². The maximum atomic E-state index is 12.4. The third-order valence-electron chi connectivity index (χ3n) is 3.88. The van der Waals surface area contributed by atoms with Crippen LogP contribution in [0, 0.1) is 5.92 Å². The summed E-state index contributed by atoms with van der Waals surface area (Å²) >= 11 is 0. The minimum atomic E-state index is -1.03. The van der Waals surface area contributed by atoms with E-state index in [9.17, 15) is 14.7 Å². The van der Waals surface area contributed by atoms with E-state index < -0.39 is 18.0 Å². The first-order valence-electron chi connectivity index (χ1n) is 7.25. The molecule has 1 atom stereocenters. The summed E-state index contributed by atoms with van der Waals surface area (Å²) in [6.45, 7) is 4.67. The van der Waals surface area contributed by atoms with Gasteiger partial charge in [-0.05, 0) is 18.1 Å². The number of benzene rings is 1. The largest absolute Gasteiger partial charge is 0.480 e. The van der Waals surface area contributed by atoms with Gasteiger partial charge in [0, 0.05) is 13.1 Å². The first kappa shape index (κ1) is 14.4. The molecule has 22 heavy (non-hydrogen) atoms. The van der Waals surface area contributed by atoms with Crippen LogP contribution in [0.25, 0.3) is 11.0 Å². The maximum absolute atomic E-state index is 12.4. The molecular weight excluding hydrogens is 284 g/mol. The Morgan fingerprint density at radius 2 is 2.00 bits per heavy atom. The van der Waals surface area contributed by atoms with Crippen LogP contribution in [0.3, 0.4) is 0 Å². The van der Waals surface area contributed by atoms with Crippen LogP contribution in [0.5, 0.6) is 0 Å². The number of imidazole rings is 1. The molecule has 3 rings (SSSR count). The number of urea groups is 1. The van der Waals surface area contributed by atoms with Gasteiger partial charge < -0.3 is 15.0 Å². The Morgan fingerprint density at radius 1 is 1.27 bits per heavy atom. The van der Waals surface area contributed by atoms with Crippen LogP contribution in [0.2, 0.25) is 0 Å². The van der Waals surface area contributed by atoms with Gasteiger partial charge in [0.25, 0.3) is 0 Å². The Balaban J connectivity index is 1.86. The number of carboxylic acid groups (broad SMARTS) is 1. The maximum Gasteiger partial charge on any atom is 0.326 e. The summed E-state index contributed by atoms with van der Waals surface area (Å²) in [7, 11) is 0. The molecular formula is C15H18N4O3. The average Bonchev–Trinajstić information content (AvgIpc) is 3.02. The van der Waals surface area contributed by atoms with E-state index in [1.807, 2.05) is 28.8 Å². The summed E-state index contributed by atoms with van der Waals surface area (Å²) < 4.78 is 1.97. The Morgan fingerprint density at radius 3 is 2.68 bits per heavy atom. The lowest BCUT2D eigenvalue weighted by Gasteiger charge is -2.21. The molecule has 7 nitrogen and oxygen atoms in total. The molecule has 2 heterocycles. The van der Waals surface area contributed by atoms with Crippen molar-refractivity contribution in [2.75, 3.05) is 11.4 Å². The van der Waals surface area contributed by atoms with Gasteiger partial charge in [0.2, 0.25) is 5.95 Å². The predicted molar refractivity (Wildman–Crippen MR) is 81.9 cm³/mol. The van der Waals surface area contributed by atoms with E-state index in [4.69, 9.17) is 0 Å². The molecule has 0 fully saturated rings. The molecule has 1 aliphatic rings. The van der Waals surface area contributed by atoms with Gasteiger partial charge in [-0.3, -0.25) is 4.90 Å². The number of nitrogens with zero attached hydrogens (tertiary/aromatic N) is 3. The summed E-state index contributed by atoms with van der Waals surface area (Å²) in [5.41, 5.74) is 1.81. The van der Waals surface area contributed by atoms with Crippen LogP contribution < -0.4 is 10.2 Å². The lowest BCUT2D eigenvalue weighted by Crippen LogP contribution is -2.50. The van der Waals surface area contributed by atoms with Gasteiger partial charge in [0.1, 0.15) is 6.04 Å². The molecule has 0 saturated heterocycles. The van der Waals surface area contributed by atoms with Crippen molar-refractivity contribution in [2.24, 2.45) is 5.92 Å². The fraction of sp³-hybridized carbons (Fsp3) is 0.400. The molecule has 0 saturated carbocycles. The van der Waals surface area contributed by atoms with Gasteiger partial charge in [-0.15, -0.1) is 0 Å². The normalized spacial score (nSPS) is 15.1. The Hall–Kier alpha value is -2.57. The highest BCUT2D eigenvalue weighted by molar-refractivity contribution is 5.95. The van der Waals surface area contributed by atoms with Crippen molar-refractivity contribution in [3.05, 3.63) is 24.3 Å². The number of aromatic nitrogens is 2. The zero-order chi connectivity index (χ0) is 15.9. The number of nitrogens with one attached hydrogen (secondary N) is 1. The number of amides is 2. The SMILES string of the molecule is CC(C)[C@H](NC(=O)N1CCn2c1nc1ccccc12)C(=O)O. The first-order valence-corrected chi connectivity index (χ1v) is 7.25. The highest BCUT2D eigenvalue weighted by Gasteiger charge is 2.31. The Kier molecular flexibility index (Phi) is 3.48. The molecule has 1 aromatic heterocycles. The van der Waals surface area contributed by atoms with Crippen molar-refractivity contribution in [2.45, 2.75) is 26.4 Å². The molecule has 2 N–H and O–H groups in total. The lowest BCUT2D eigenvalue weighted by molar-refractivity contribution is -0.140. The van der Waals surface area contributed by atoms with Gasteiger partial charge in [0.05, 0.1) is 11.0 Å². The zero-order valence-electron chi connectivity index (χ0n) is 12.5. The molecule has 116 valence electrons. The van der Waals surface area contributed by atoms with Crippen LogP contribution in [0.4, 0.5) is 10.7 Å². The molecule has 0 radical (unpaired) electrons. The third kappa shape index (κ3) is 2.28. The van der Waals surface area contributed by atoms with Gasteiger partial charge in [-0.1, -0.05) is 26.0 Å². The van der Waals surface area contributed by atoms with Crippen molar-refractivity contribution in [3.63, 3.8) is 0 Å². The van der Waals surface area contributed by atoms with Gasteiger partial charge in [-0.25, -0.2) is 14.6 Å². The molecule has 1 aromatic carbocycles. The third-order valence-corrected chi connectivity index (χ3v) is 3.88. The number of carboxylic acids is 1. The van der Waals surface area contributed by atoms with E-state index in [1.54, 1.807) is 13.8 Å². The van der Waals surface area contributed by atoms with Gasteiger partial charge >= 0.3 is 12.0 Å². The van der Waals surface area contributed by atoms with Gasteiger partial charge in [-0.2, -0.15) is 0 Å². The number of fused-ring (bicyclic) bond motifs is 3. The molecule has 2 amide bonds. The Bertz CT molecular complexity index is 737. The van der Waals surface area contributed by atoms with Crippen molar-refractivity contribution in [1.82, 2.24) is 14.9 Å². The molecule has 0 spiro atoms. The number of anilines is 1. The second-order valence-electron chi connectivity index (χ2n) is 5.71. The minimum Gasteiger partial charge on any atom is -0.480 e. The quantitative estimate of drug-likeness (QED) is 0.903. The monoisotopic (exact) mass is 302 g/mol. The smallest absolute Gasteiger partial charge is 0.326 e. The number of carbonyl (C=O) groups excluding carboxylic acids is 1. The minimum absolute atomic E-state index is 0.192. The van der Waals surface area contributed by atoms with Crippen molar-refractivity contribution in [3.8, 4) is 0 Å². The van der Waals surface area contributed by atoms with Crippen LogP contribution in [-0.2, 0) is 11.3 Å². The number of rotatable bonds is 3. The molecule has 0 bridgehead atoms. The fourth-order valence-electron chi connectivity index (χ4n) is 2.71.